The molecule has 6 heteroatoms. The number of nitrogen functional groups attached to an aromatic ring is 1. The molecule has 0 aliphatic carbocycles. The van der Waals surface area contributed by atoms with Crippen molar-refractivity contribution in [2.45, 2.75) is 13.8 Å². The fraction of sp³-hybridized carbons (Fsp3) is 0.200. The second-order valence-corrected chi connectivity index (χ2v) is 3.61. The molecule has 0 atom stereocenters. The summed E-state index contributed by atoms with van der Waals surface area (Å²) in [6, 6.07) is 3.66. The van der Waals surface area contributed by atoms with Crippen LogP contribution in [0.15, 0.2) is 29.0 Å². The second kappa shape index (κ2) is 5.62. The maximum absolute atomic E-state index is 11.3. The van der Waals surface area contributed by atoms with Crippen molar-refractivity contribution in [3.63, 3.8) is 0 Å². The largest absolute Gasteiger partial charge is 0.294 e. The quantitative estimate of drug-likeness (QED) is 0.476. The van der Waals surface area contributed by atoms with Crippen LogP contribution in [0.5, 0.6) is 0 Å². The first kappa shape index (κ1) is 12.7. The molecule has 16 heavy (non-hydrogen) atoms. The minimum atomic E-state index is -0.365. The zero-order valence-electron chi connectivity index (χ0n) is 9.07. The van der Waals surface area contributed by atoms with Crippen LogP contribution < -0.4 is 11.3 Å². The number of imidazole rings is 1. The number of nitrogens with zero attached hydrogens (tertiary/aromatic N) is 2. The Hall–Kier alpha value is -1.40. The average molecular weight is 285 g/mol. The van der Waals surface area contributed by atoms with E-state index in [0.29, 0.717) is 11.3 Å². The van der Waals surface area contributed by atoms with Crippen LogP contribution in [0, 0.1) is 0 Å². The topological polar surface area (TPSA) is 72.4 Å². The first-order valence-corrected chi connectivity index (χ1v) is 5.65. The number of fused-ring (bicyclic) bond motifs is 1. The van der Waals surface area contributed by atoms with Gasteiger partial charge in [-0.25, -0.2) is 10.8 Å². The Morgan fingerprint density at radius 1 is 1.50 bits per heavy atom. The third-order valence-corrected chi connectivity index (χ3v) is 2.30. The summed E-state index contributed by atoms with van der Waals surface area (Å²) in [5, 5.41) is 0. The van der Waals surface area contributed by atoms with Crippen molar-refractivity contribution in [3.8, 4) is 0 Å². The van der Waals surface area contributed by atoms with Crippen molar-refractivity contribution in [3.05, 3.63) is 34.7 Å². The molecule has 0 spiro atoms. The normalized spacial score (nSPS) is 9.50. The van der Waals surface area contributed by atoms with E-state index >= 15 is 0 Å². The van der Waals surface area contributed by atoms with Gasteiger partial charge in [-0.1, -0.05) is 13.8 Å². The number of halogens is 1. The van der Waals surface area contributed by atoms with Gasteiger partial charge in [-0.05, 0) is 28.1 Å². The summed E-state index contributed by atoms with van der Waals surface area (Å²) in [5.41, 5.74) is 3.17. The zero-order chi connectivity index (χ0) is 12.1. The first-order valence-electron chi connectivity index (χ1n) is 4.86. The Balaban J connectivity index is 0.000000606. The van der Waals surface area contributed by atoms with Gasteiger partial charge in [0.1, 0.15) is 11.3 Å². The molecule has 2 aromatic rings. The molecule has 0 aromatic carbocycles. The van der Waals surface area contributed by atoms with E-state index in [4.69, 9.17) is 5.84 Å². The molecule has 5 nitrogen and oxygen atoms in total. The Bertz CT molecular complexity index is 495. The highest BCUT2D eigenvalue weighted by atomic mass is 79.9. The molecule has 2 heterocycles. The van der Waals surface area contributed by atoms with Crippen molar-refractivity contribution in [2.24, 2.45) is 5.84 Å². The number of hydrogen-bond acceptors (Lipinski definition) is 3. The molecule has 0 bridgehead atoms. The van der Waals surface area contributed by atoms with E-state index in [-0.39, 0.29) is 5.91 Å². The number of nitrogens with one attached hydrogen (secondary N) is 1. The predicted molar refractivity (Wildman–Crippen MR) is 65.9 cm³/mol. The van der Waals surface area contributed by atoms with Gasteiger partial charge in [0.05, 0.1) is 6.20 Å². The molecule has 2 rings (SSSR count). The van der Waals surface area contributed by atoms with Crippen LogP contribution in [-0.4, -0.2) is 15.3 Å². The number of carbonyl (C=O) groups excluding carboxylic acids is 1. The van der Waals surface area contributed by atoms with E-state index in [0.717, 1.165) is 4.47 Å². The predicted octanol–water partition coefficient (Wildman–Crippen LogP) is 1.73. The Labute approximate surface area is 102 Å². The van der Waals surface area contributed by atoms with Crippen molar-refractivity contribution >= 4 is 27.5 Å². The molecule has 0 saturated carbocycles. The SMILES string of the molecule is CC.NNC(=O)c1cnc2ccc(Br)cn12. The zero-order valence-corrected chi connectivity index (χ0v) is 10.7. The lowest BCUT2D eigenvalue weighted by Gasteiger charge is -1.99. The van der Waals surface area contributed by atoms with Gasteiger partial charge in [0.2, 0.25) is 0 Å². The molecule has 0 aliphatic rings. The molecule has 1 amide bonds. The van der Waals surface area contributed by atoms with Crippen LogP contribution in [0.2, 0.25) is 0 Å². The fourth-order valence-corrected chi connectivity index (χ4v) is 1.53. The summed E-state index contributed by atoms with van der Waals surface area (Å²) < 4.78 is 2.53. The van der Waals surface area contributed by atoms with Crippen LogP contribution in [0.3, 0.4) is 0 Å². The summed E-state index contributed by atoms with van der Waals surface area (Å²) in [6.07, 6.45) is 3.23. The van der Waals surface area contributed by atoms with Gasteiger partial charge in [-0.2, -0.15) is 0 Å². The van der Waals surface area contributed by atoms with Gasteiger partial charge >= 0.3 is 0 Å². The standard InChI is InChI=1S/C8H7BrN4O.C2H6/c9-5-1-2-7-11-3-6(8(14)12-10)13(7)4-5;1-2/h1-4H,10H2,(H,12,14);1-2H3. The number of amides is 1. The summed E-state index contributed by atoms with van der Waals surface area (Å²) in [7, 11) is 0. The van der Waals surface area contributed by atoms with Crippen LogP contribution in [0.4, 0.5) is 0 Å². The monoisotopic (exact) mass is 284 g/mol. The van der Waals surface area contributed by atoms with Crippen LogP contribution in [0.1, 0.15) is 24.3 Å². The van der Waals surface area contributed by atoms with Gasteiger partial charge in [-0.15, -0.1) is 0 Å². The van der Waals surface area contributed by atoms with Crippen molar-refractivity contribution in [1.82, 2.24) is 14.8 Å². The van der Waals surface area contributed by atoms with Crippen molar-refractivity contribution in [1.29, 1.82) is 0 Å². The lowest BCUT2D eigenvalue weighted by atomic mass is 10.4. The molecule has 0 unspecified atom stereocenters. The van der Waals surface area contributed by atoms with E-state index in [2.05, 4.69) is 26.3 Å². The van der Waals surface area contributed by atoms with Gasteiger partial charge < -0.3 is 0 Å². The number of carbonyl (C=O) groups is 1. The minimum Gasteiger partial charge on any atom is -0.294 e. The Morgan fingerprint density at radius 2 is 2.19 bits per heavy atom. The maximum atomic E-state index is 11.3. The molecule has 0 radical (unpaired) electrons. The summed E-state index contributed by atoms with van der Waals surface area (Å²) in [5.74, 6) is 4.67. The van der Waals surface area contributed by atoms with Gasteiger partial charge in [-0.3, -0.25) is 14.6 Å². The highest BCUT2D eigenvalue weighted by molar-refractivity contribution is 9.10. The number of aromatic nitrogens is 2. The Kier molecular flexibility index (Phi) is 4.45. The van der Waals surface area contributed by atoms with Gasteiger partial charge in [0.25, 0.3) is 5.91 Å². The smallest absolute Gasteiger partial charge is 0.283 e. The van der Waals surface area contributed by atoms with Crippen LogP contribution in [0.25, 0.3) is 5.65 Å². The second-order valence-electron chi connectivity index (χ2n) is 2.69. The van der Waals surface area contributed by atoms with Crippen molar-refractivity contribution in [2.75, 3.05) is 0 Å². The number of pyridine rings is 1. The van der Waals surface area contributed by atoms with E-state index in [9.17, 15) is 4.79 Å². The number of rotatable bonds is 1. The summed E-state index contributed by atoms with van der Waals surface area (Å²) in [4.78, 5) is 15.3. The number of hydrogen-bond donors (Lipinski definition) is 2. The van der Waals surface area contributed by atoms with Gasteiger partial charge in [0, 0.05) is 10.7 Å². The molecule has 3 N–H and O–H groups in total. The molecule has 0 saturated heterocycles. The molecule has 0 aliphatic heterocycles. The third kappa shape index (κ3) is 2.40. The summed E-state index contributed by atoms with van der Waals surface area (Å²) in [6.45, 7) is 4.00. The highest BCUT2D eigenvalue weighted by Crippen LogP contribution is 2.13. The van der Waals surface area contributed by atoms with Crippen LogP contribution >= 0.6 is 15.9 Å². The van der Waals surface area contributed by atoms with E-state index in [1.54, 1.807) is 16.7 Å². The van der Waals surface area contributed by atoms with E-state index in [1.807, 2.05) is 19.9 Å². The van der Waals surface area contributed by atoms with Gasteiger partial charge in [0.15, 0.2) is 0 Å². The molecule has 2 aromatic heterocycles. The molecule has 86 valence electrons. The lowest BCUT2D eigenvalue weighted by molar-refractivity contribution is 0.0948. The number of hydrazine groups is 1. The van der Waals surface area contributed by atoms with E-state index < -0.39 is 0 Å². The fourth-order valence-electron chi connectivity index (χ4n) is 1.20. The number of nitrogens with two attached hydrogens (primary N) is 1. The van der Waals surface area contributed by atoms with Crippen LogP contribution in [-0.2, 0) is 0 Å². The highest BCUT2D eigenvalue weighted by Gasteiger charge is 2.09. The lowest BCUT2D eigenvalue weighted by Crippen LogP contribution is -2.30. The summed E-state index contributed by atoms with van der Waals surface area (Å²) >= 11 is 3.31. The molecular formula is C10H13BrN4O. The average Bonchev–Trinajstić information content (AvgIpc) is 2.73. The Morgan fingerprint density at radius 3 is 2.81 bits per heavy atom. The van der Waals surface area contributed by atoms with E-state index in [1.165, 1.54) is 6.20 Å². The van der Waals surface area contributed by atoms with Crippen molar-refractivity contribution < 1.29 is 4.79 Å². The minimum absolute atomic E-state index is 0.365. The maximum Gasteiger partial charge on any atom is 0.283 e. The third-order valence-electron chi connectivity index (χ3n) is 1.83. The molecular weight excluding hydrogens is 272 g/mol. The molecule has 0 fully saturated rings. The first-order chi connectivity index (χ1) is 7.72.